The van der Waals surface area contributed by atoms with E-state index in [9.17, 15) is 18.0 Å². The van der Waals surface area contributed by atoms with Gasteiger partial charge >= 0.3 is 6.18 Å². The smallest absolute Gasteiger partial charge is 0.343 e. The van der Waals surface area contributed by atoms with Crippen LogP contribution in [0.1, 0.15) is 24.3 Å². The van der Waals surface area contributed by atoms with Gasteiger partial charge in [-0.1, -0.05) is 23.5 Å². The minimum atomic E-state index is -4.46. The normalized spacial score (nSPS) is 22.0. The van der Waals surface area contributed by atoms with E-state index in [1.54, 1.807) is 9.80 Å². The molecule has 1 aromatic heterocycles. The summed E-state index contributed by atoms with van der Waals surface area (Å²) in [6.45, 7) is 1.99. The van der Waals surface area contributed by atoms with E-state index >= 15 is 0 Å². The van der Waals surface area contributed by atoms with Crippen LogP contribution in [-0.4, -0.2) is 47.2 Å². The fourth-order valence-electron chi connectivity index (χ4n) is 2.82. The molecule has 1 saturated heterocycles. The Morgan fingerprint density at radius 1 is 1.26 bits per heavy atom. The quantitative estimate of drug-likeness (QED) is 0.790. The lowest BCUT2D eigenvalue weighted by atomic mass is 10.0. The number of amides is 1. The predicted octanol–water partition coefficient (Wildman–Crippen LogP) is 2.56. The standard InChI is InChI=1S/C14H17F3N4OS/c15-14(16,17)12-18-19-13(23-12)21-7-5-20(6-8-21)11(22)9-10-3-1-2-4-10/h1,3,10H,2,4-9H2/t10-/m1/s1. The lowest BCUT2D eigenvalue weighted by molar-refractivity contribution is -0.138. The van der Waals surface area contributed by atoms with Crippen molar-refractivity contribution >= 4 is 22.4 Å². The van der Waals surface area contributed by atoms with Crippen LogP contribution in [0.3, 0.4) is 0 Å². The zero-order valence-corrected chi connectivity index (χ0v) is 13.2. The molecule has 9 heteroatoms. The second kappa shape index (κ2) is 6.46. The fraction of sp³-hybridized carbons (Fsp3) is 0.643. The Morgan fingerprint density at radius 2 is 2.00 bits per heavy atom. The van der Waals surface area contributed by atoms with Crippen LogP contribution in [0.25, 0.3) is 0 Å². The highest BCUT2D eigenvalue weighted by Crippen LogP contribution is 2.34. The van der Waals surface area contributed by atoms with Crippen LogP contribution in [0.4, 0.5) is 18.3 Å². The molecule has 0 spiro atoms. The number of aromatic nitrogens is 2. The summed E-state index contributed by atoms with van der Waals surface area (Å²) in [5.41, 5.74) is 0. The van der Waals surface area contributed by atoms with Crippen LogP contribution in [-0.2, 0) is 11.0 Å². The molecule has 23 heavy (non-hydrogen) atoms. The zero-order chi connectivity index (χ0) is 16.4. The van der Waals surface area contributed by atoms with E-state index in [0.29, 0.717) is 49.9 Å². The van der Waals surface area contributed by atoms with Gasteiger partial charge in [0, 0.05) is 32.6 Å². The molecule has 1 aliphatic heterocycles. The highest BCUT2D eigenvalue weighted by molar-refractivity contribution is 7.15. The van der Waals surface area contributed by atoms with Crippen LogP contribution >= 0.6 is 11.3 Å². The lowest BCUT2D eigenvalue weighted by Crippen LogP contribution is -2.49. The van der Waals surface area contributed by atoms with Crippen molar-refractivity contribution in [2.45, 2.75) is 25.4 Å². The number of halogens is 3. The van der Waals surface area contributed by atoms with E-state index < -0.39 is 11.2 Å². The molecule has 1 aromatic rings. The Kier molecular flexibility index (Phi) is 4.56. The first-order valence-electron chi connectivity index (χ1n) is 7.53. The summed E-state index contributed by atoms with van der Waals surface area (Å²) in [5, 5.41) is 6.16. The summed E-state index contributed by atoms with van der Waals surface area (Å²) < 4.78 is 37.7. The van der Waals surface area contributed by atoms with Crippen molar-refractivity contribution in [1.82, 2.24) is 15.1 Å². The van der Waals surface area contributed by atoms with Crippen molar-refractivity contribution in [1.29, 1.82) is 0 Å². The van der Waals surface area contributed by atoms with Gasteiger partial charge in [-0.15, -0.1) is 10.2 Å². The SMILES string of the molecule is O=C(C[C@@H]1C=CCC1)N1CCN(c2nnc(C(F)(F)F)s2)CC1. The molecule has 0 bridgehead atoms. The minimum Gasteiger partial charge on any atom is -0.343 e. The van der Waals surface area contributed by atoms with Gasteiger partial charge in [0.05, 0.1) is 0 Å². The first-order valence-corrected chi connectivity index (χ1v) is 8.35. The Labute approximate surface area is 135 Å². The summed E-state index contributed by atoms with van der Waals surface area (Å²) >= 11 is 0.548. The summed E-state index contributed by atoms with van der Waals surface area (Å²) in [6.07, 6.45) is 2.31. The van der Waals surface area contributed by atoms with Gasteiger partial charge < -0.3 is 9.80 Å². The van der Waals surface area contributed by atoms with Crippen molar-refractivity contribution in [3.63, 3.8) is 0 Å². The van der Waals surface area contributed by atoms with Crippen LogP contribution < -0.4 is 4.90 Å². The summed E-state index contributed by atoms with van der Waals surface area (Å²) in [6, 6.07) is 0. The number of piperazine rings is 1. The van der Waals surface area contributed by atoms with E-state index in [0.717, 1.165) is 12.8 Å². The maximum Gasteiger partial charge on any atom is 0.445 e. The Hall–Kier alpha value is -1.64. The molecule has 0 saturated carbocycles. The maximum atomic E-state index is 12.6. The molecule has 1 aliphatic carbocycles. The molecule has 1 amide bonds. The molecule has 1 fully saturated rings. The van der Waals surface area contributed by atoms with Crippen molar-refractivity contribution < 1.29 is 18.0 Å². The van der Waals surface area contributed by atoms with Gasteiger partial charge in [0.25, 0.3) is 0 Å². The highest BCUT2D eigenvalue weighted by atomic mass is 32.1. The zero-order valence-electron chi connectivity index (χ0n) is 12.4. The maximum absolute atomic E-state index is 12.6. The van der Waals surface area contributed by atoms with E-state index in [1.807, 2.05) is 0 Å². The van der Waals surface area contributed by atoms with E-state index in [4.69, 9.17) is 0 Å². The van der Waals surface area contributed by atoms with E-state index in [1.165, 1.54) is 0 Å². The van der Waals surface area contributed by atoms with Crippen LogP contribution in [0.15, 0.2) is 12.2 Å². The number of carbonyl (C=O) groups is 1. The van der Waals surface area contributed by atoms with Gasteiger partial charge in [-0.25, -0.2) is 0 Å². The van der Waals surface area contributed by atoms with E-state index in [2.05, 4.69) is 22.3 Å². The number of alkyl halides is 3. The first-order chi connectivity index (χ1) is 10.9. The number of nitrogens with zero attached hydrogens (tertiary/aromatic N) is 4. The molecule has 1 atom stereocenters. The number of hydrogen-bond donors (Lipinski definition) is 0. The topological polar surface area (TPSA) is 49.3 Å². The van der Waals surface area contributed by atoms with Gasteiger partial charge in [-0.2, -0.15) is 13.2 Å². The third kappa shape index (κ3) is 3.82. The second-order valence-corrected chi connectivity index (χ2v) is 6.68. The lowest BCUT2D eigenvalue weighted by Gasteiger charge is -2.34. The van der Waals surface area contributed by atoms with Gasteiger partial charge in [-0.3, -0.25) is 4.79 Å². The van der Waals surface area contributed by atoms with Crippen molar-refractivity contribution in [3.8, 4) is 0 Å². The number of hydrogen-bond acceptors (Lipinski definition) is 5. The average Bonchev–Trinajstić information content (AvgIpc) is 3.18. The molecule has 5 nitrogen and oxygen atoms in total. The highest BCUT2D eigenvalue weighted by Gasteiger charge is 2.36. The Bertz CT molecular complexity index is 593. The van der Waals surface area contributed by atoms with Gasteiger partial charge in [0.1, 0.15) is 0 Å². The molecule has 0 unspecified atom stereocenters. The van der Waals surface area contributed by atoms with Crippen molar-refractivity contribution in [2.24, 2.45) is 5.92 Å². The molecule has 0 aromatic carbocycles. The first kappa shape index (κ1) is 16.2. The number of allylic oxidation sites excluding steroid dienone is 2. The monoisotopic (exact) mass is 346 g/mol. The average molecular weight is 346 g/mol. The van der Waals surface area contributed by atoms with Gasteiger partial charge in [-0.05, 0) is 18.8 Å². The summed E-state index contributed by atoms with van der Waals surface area (Å²) in [5.74, 6) is 0.451. The molecule has 2 aliphatic rings. The number of rotatable bonds is 3. The molecule has 0 N–H and O–H groups in total. The van der Waals surface area contributed by atoms with Crippen molar-refractivity contribution in [2.75, 3.05) is 31.1 Å². The Morgan fingerprint density at radius 3 is 2.57 bits per heavy atom. The predicted molar refractivity (Wildman–Crippen MR) is 80.2 cm³/mol. The van der Waals surface area contributed by atoms with Crippen molar-refractivity contribution in [3.05, 3.63) is 17.2 Å². The molecule has 0 radical (unpaired) electrons. The third-order valence-electron chi connectivity index (χ3n) is 4.11. The molecular weight excluding hydrogens is 329 g/mol. The molecule has 2 heterocycles. The third-order valence-corrected chi connectivity index (χ3v) is 5.14. The van der Waals surface area contributed by atoms with Gasteiger partial charge in [0.15, 0.2) is 0 Å². The number of anilines is 1. The second-order valence-electron chi connectivity index (χ2n) is 5.73. The van der Waals surface area contributed by atoms with Crippen LogP contribution in [0.5, 0.6) is 0 Å². The van der Waals surface area contributed by atoms with Crippen LogP contribution in [0.2, 0.25) is 0 Å². The summed E-state index contributed by atoms with van der Waals surface area (Å²) in [4.78, 5) is 15.8. The minimum absolute atomic E-state index is 0.120. The Balaban J connectivity index is 1.52. The molecule has 3 rings (SSSR count). The molecular formula is C14H17F3N4OS. The van der Waals surface area contributed by atoms with Gasteiger partial charge in [0.2, 0.25) is 16.0 Å². The number of carbonyl (C=O) groups excluding carboxylic acids is 1. The largest absolute Gasteiger partial charge is 0.445 e. The summed E-state index contributed by atoms with van der Waals surface area (Å²) in [7, 11) is 0. The van der Waals surface area contributed by atoms with E-state index in [-0.39, 0.29) is 11.0 Å². The van der Waals surface area contributed by atoms with Crippen LogP contribution in [0, 0.1) is 5.92 Å². The molecule has 126 valence electrons. The fourth-order valence-corrected chi connectivity index (χ4v) is 3.59.